The van der Waals surface area contributed by atoms with Crippen LogP contribution in [0.25, 0.3) is 10.2 Å². The average Bonchev–Trinajstić information content (AvgIpc) is 3.02. The predicted octanol–water partition coefficient (Wildman–Crippen LogP) is 3.13. The number of hydrogen-bond donors (Lipinski definition) is 1. The van der Waals surface area contributed by atoms with E-state index in [1.54, 1.807) is 11.3 Å². The van der Waals surface area contributed by atoms with Gasteiger partial charge in [-0.2, -0.15) is 0 Å². The molecule has 19 heavy (non-hydrogen) atoms. The Balaban J connectivity index is 2.07. The first-order valence-electron chi connectivity index (χ1n) is 6.54. The lowest BCUT2D eigenvalue weighted by atomic mass is 9.93. The Kier molecular flexibility index (Phi) is 2.93. The van der Waals surface area contributed by atoms with Crippen LogP contribution >= 0.6 is 11.3 Å². The quantitative estimate of drug-likeness (QED) is 0.935. The van der Waals surface area contributed by atoms with E-state index in [9.17, 15) is 9.90 Å². The van der Waals surface area contributed by atoms with Gasteiger partial charge in [-0.25, -0.2) is 9.78 Å². The zero-order valence-electron chi connectivity index (χ0n) is 10.8. The summed E-state index contributed by atoms with van der Waals surface area (Å²) in [5.41, 5.74) is 0.179. The number of rotatable bonds is 3. The topological polar surface area (TPSA) is 53.4 Å². The van der Waals surface area contributed by atoms with Gasteiger partial charge in [0.05, 0.1) is 10.2 Å². The summed E-state index contributed by atoms with van der Waals surface area (Å²) in [7, 11) is 0. The summed E-state index contributed by atoms with van der Waals surface area (Å²) in [6.45, 7) is 2.72. The molecule has 0 saturated carbocycles. The Morgan fingerprint density at radius 3 is 3.00 bits per heavy atom. The van der Waals surface area contributed by atoms with Crippen molar-refractivity contribution in [2.24, 2.45) is 0 Å². The zero-order valence-corrected chi connectivity index (χ0v) is 11.6. The van der Waals surface area contributed by atoms with Gasteiger partial charge in [0.1, 0.15) is 5.54 Å². The van der Waals surface area contributed by atoms with Crippen molar-refractivity contribution in [2.75, 3.05) is 11.4 Å². The van der Waals surface area contributed by atoms with Gasteiger partial charge in [-0.15, -0.1) is 0 Å². The molecule has 0 spiro atoms. The summed E-state index contributed by atoms with van der Waals surface area (Å²) in [6.07, 6.45) is 2.23. The fourth-order valence-electron chi connectivity index (χ4n) is 2.87. The van der Waals surface area contributed by atoms with Crippen molar-refractivity contribution in [2.45, 2.75) is 31.7 Å². The predicted molar refractivity (Wildman–Crippen MR) is 76.9 cm³/mol. The highest BCUT2D eigenvalue weighted by atomic mass is 32.1. The van der Waals surface area contributed by atoms with Crippen molar-refractivity contribution in [3.05, 3.63) is 24.3 Å². The highest BCUT2D eigenvalue weighted by Crippen LogP contribution is 2.40. The van der Waals surface area contributed by atoms with Crippen molar-refractivity contribution < 1.29 is 9.90 Å². The number of fused-ring (bicyclic) bond motifs is 1. The number of carbonyl (C=O) groups is 1. The van der Waals surface area contributed by atoms with Gasteiger partial charge in [-0.1, -0.05) is 30.4 Å². The summed E-state index contributed by atoms with van der Waals surface area (Å²) in [5, 5.41) is 10.4. The standard InChI is InChI=1S/C14H16N2O2S/c1-2-14(12(17)18)8-5-9-16(14)13-15-10-6-3-4-7-11(10)19-13/h3-4,6-7H,2,5,8-9H2,1H3,(H,17,18). The van der Waals surface area contributed by atoms with Crippen LogP contribution in [-0.2, 0) is 4.79 Å². The monoisotopic (exact) mass is 276 g/mol. The van der Waals surface area contributed by atoms with E-state index in [0.717, 1.165) is 28.3 Å². The van der Waals surface area contributed by atoms with E-state index in [0.29, 0.717) is 12.8 Å². The molecule has 100 valence electrons. The first kappa shape index (κ1) is 12.4. The molecule has 1 aromatic carbocycles. The lowest BCUT2D eigenvalue weighted by Crippen LogP contribution is -2.50. The van der Waals surface area contributed by atoms with Crippen LogP contribution in [0, 0.1) is 0 Å². The number of nitrogens with zero attached hydrogens (tertiary/aromatic N) is 2. The van der Waals surface area contributed by atoms with Crippen LogP contribution in [0.15, 0.2) is 24.3 Å². The van der Waals surface area contributed by atoms with Crippen molar-refractivity contribution in [1.82, 2.24) is 4.98 Å². The van der Waals surface area contributed by atoms with Crippen LogP contribution in [0.5, 0.6) is 0 Å². The average molecular weight is 276 g/mol. The number of para-hydroxylation sites is 1. The first-order chi connectivity index (χ1) is 9.17. The van der Waals surface area contributed by atoms with Gasteiger partial charge in [0.25, 0.3) is 0 Å². The molecule has 2 aromatic rings. The maximum Gasteiger partial charge on any atom is 0.329 e. The highest BCUT2D eigenvalue weighted by molar-refractivity contribution is 7.22. The number of carboxylic acids is 1. The van der Waals surface area contributed by atoms with Gasteiger partial charge in [0, 0.05) is 6.54 Å². The second kappa shape index (κ2) is 4.49. The van der Waals surface area contributed by atoms with Gasteiger partial charge < -0.3 is 10.0 Å². The molecule has 0 amide bonds. The molecular formula is C14H16N2O2S. The number of hydrogen-bond acceptors (Lipinski definition) is 4. The number of aliphatic carboxylic acids is 1. The summed E-state index contributed by atoms with van der Waals surface area (Å²) >= 11 is 1.58. The summed E-state index contributed by atoms with van der Waals surface area (Å²) in [5.74, 6) is -0.730. The summed E-state index contributed by atoms with van der Waals surface area (Å²) < 4.78 is 1.11. The Labute approximate surface area is 115 Å². The third-order valence-electron chi connectivity index (χ3n) is 3.99. The second-order valence-corrected chi connectivity index (χ2v) is 5.92. The van der Waals surface area contributed by atoms with Crippen LogP contribution in [0.2, 0.25) is 0 Å². The lowest BCUT2D eigenvalue weighted by Gasteiger charge is -2.33. The number of anilines is 1. The Bertz CT molecular complexity index is 592. The molecule has 3 rings (SSSR count). The fraction of sp³-hybridized carbons (Fsp3) is 0.429. The minimum absolute atomic E-state index is 0.609. The fourth-order valence-corrected chi connectivity index (χ4v) is 3.96. The molecule has 1 aromatic heterocycles. The van der Waals surface area contributed by atoms with Gasteiger partial charge in [-0.05, 0) is 31.4 Å². The van der Waals surface area contributed by atoms with Gasteiger partial charge in [0.2, 0.25) is 0 Å². The first-order valence-corrected chi connectivity index (χ1v) is 7.35. The largest absolute Gasteiger partial charge is 0.479 e. The smallest absolute Gasteiger partial charge is 0.329 e. The van der Waals surface area contributed by atoms with Crippen LogP contribution in [0.1, 0.15) is 26.2 Å². The molecule has 0 bridgehead atoms. The van der Waals surface area contributed by atoms with E-state index >= 15 is 0 Å². The van der Waals surface area contributed by atoms with Crippen molar-refractivity contribution >= 4 is 32.7 Å². The van der Waals surface area contributed by atoms with Gasteiger partial charge >= 0.3 is 5.97 Å². The Morgan fingerprint density at radius 1 is 1.53 bits per heavy atom. The molecule has 1 fully saturated rings. The molecule has 1 unspecified atom stereocenters. The van der Waals surface area contributed by atoms with Crippen LogP contribution in [0.3, 0.4) is 0 Å². The van der Waals surface area contributed by atoms with Crippen LogP contribution in [-0.4, -0.2) is 28.1 Å². The third-order valence-corrected chi connectivity index (χ3v) is 5.04. The van der Waals surface area contributed by atoms with E-state index in [-0.39, 0.29) is 0 Å². The highest BCUT2D eigenvalue weighted by Gasteiger charge is 2.47. The molecule has 0 radical (unpaired) electrons. The Hall–Kier alpha value is -1.62. The normalized spacial score (nSPS) is 23.1. The Morgan fingerprint density at radius 2 is 2.32 bits per heavy atom. The van der Waals surface area contributed by atoms with E-state index in [4.69, 9.17) is 0 Å². The summed E-state index contributed by atoms with van der Waals surface area (Å²) in [4.78, 5) is 18.3. The lowest BCUT2D eigenvalue weighted by molar-refractivity contribution is -0.143. The van der Waals surface area contributed by atoms with Crippen LogP contribution in [0.4, 0.5) is 5.13 Å². The van der Waals surface area contributed by atoms with Crippen molar-refractivity contribution in [3.63, 3.8) is 0 Å². The molecule has 1 atom stereocenters. The molecule has 2 heterocycles. The SMILES string of the molecule is CCC1(C(=O)O)CCCN1c1nc2ccccc2s1. The number of thiazole rings is 1. The molecule has 0 aliphatic carbocycles. The molecule has 1 aliphatic heterocycles. The molecule has 1 N–H and O–H groups in total. The van der Waals surface area contributed by atoms with E-state index in [1.165, 1.54) is 0 Å². The third kappa shape index (κ3) is 1.80. The maximum atomic E-state index is 11.7. The minimum atomic E-state index is -0.770. The van der Waals surface area contributed by atoms with Gasteiger partial charge in [0.15, 0.2) is 5.13 Å². The second-order valence-electron chi connectivity index (χ2n) is 4.91. The molecular weight excluding hydrogens is 260 g/mol. The molecule has 4 nitrogen and oxygen atoms in total. The number of benzene rings is 1. The van der Waals surface area contributed by atoms with Gasteiger partial charge in [-0.3, -0.25) is 0 Å². The molecule has 1 aliphatic rings. The van der Waals surface area contributed by atoms with Crippen molar-refractivity contribution in [1.29, 1.82) is 0 Å². The van der Waals surface area contributed by atoms with E-state index in [1.807, 2.05) is 36.1 Å². The molecule has 5 heteroatoms. The van der Waals surface area contributed by atoms with Crippen LogP contribution < -0.4 is 4.90 Å². The summed E-state index contributed by atoms with van der Waals surface area (Å²) in [6, 6.07) is 7.94. The van der Waals surface area contributed by atoms with E-state index in [2.05, 4.69) is 4.98 Å². The van der Waals surface area contributed by atoms with E-state index < -0.39 is 11.5 Å². The number of aromatic nitrogens is 1. The minimum Gasteiger partial charge on any atom is -0.479 e. The zero-order chi connectivity index (χ0) is 13.5. The molecule has 1 saturated heterocycles. The van der Waals surface area contributed by atoms with Crippen molar-refractivity contribution in [3.8, 4) is 0 Å². The maximum absolute atomic E-state index is 11.7. The number of carboxylic acid groups (broad SMARTS) is 1.